The Bertz CT molecular complexity index is 422. The van der Waals surface area contributed by atoms with Gasteiger partial charge in [-0.2, -0.15) is 0 Å². The second-order valence-corrected chi connectivity index (χ2v) is 4.66. The largest absolute Gasteiger partial charge is 0.398 e. The molecule has 92 valence electrons. The molecule has 3 N–H and O–H groups in total. The van der Waals surface area contributed by atoms with Gasteiger partial charge in [0.25, 0.3) is 0 Å². The topological polar surface area (TPSA) is 59.1 Å². The van der Waals surface area contributed by atoms with E-state index >= 15 is 0 Å². The number of nitrogens with two attached hydrogens (primary N) is 1. The lowest BCUT2D eigenvalue weighted by Crippen LogP contribution is -2.04. The van der Waals surface area contributed by atoms with Gasteiger partial charge in [0.1, 0.15) is 0 Å². The Morgan fingerprint density at radius 1 is 1.53 bits per heavy atom. The van der Waals surface area contributed by atoms with E-state index < -0.39 is 0 Å². The molecule has 1 aliphatic carbocycles. The van der Waals surface area contributed by atoms with Gasteiger partial charge >= 0.3 is 0 Å². The third kappa shape index (κ3) is 2.50. The minimum atomic E-state index is 0.279. The molecular weight excluding hydrogens is 212 g/mol. The molecule has 1 aliphatic rings. The van der Waals surface area contributed by atoms with Gasteiger partial charge in [-0.05, 0) is 36.8 Å². The van der Waals surface area contributed by atoms with E-state index in [9.17, 15) is 5.11 Å². The summed E-state index contributed by atoms with van der Waals surface area (Å²) < 4.78 is 0. The van der Waals surface area contributed by atoms with Crippen molar-refractivity contribution in [1.29, 1.82) is 0 Å². The van der Waals surface area contributed by atoms with Crippen LogP contribution in [0.2, 0.25) is 0 Å². The summed E-state index contributed by atoms with van der Waals surface area (Å²) in [7, 11) is 0. The number of rotatable bonds is 5. The predicted molar refractivity (Wildman–Crippen MR) is 70.4 cm³/mol. The molecule has 0 unspecified atom stereocenters. The SMILES string of the molecule is CC[C@@H](CO)CCC1=CCc2c(N)ccnc21. The van der Waals surface area contributed by atoms with Crippen molar-refractivity contribution in [2.45, 2.75) is 32.6 Å². The highest BCUT2D eigenvalue weighted by molar-refractivity contribution is 5.74. The van der Waals surface area contributed by atoms with Crippen molar-refractivity contribution in [1.82, 2.24) is 4.98 Å². The Morgan fingerprint density at radius 3 is 3.06 bits per heavy atom. The number of fused-ring (bicyclic) bond motifs is 1. The number of aliphatic hydroxyl groups excluding tert-OH is 1. The van der Waals surface area contributed by atoms with Crippen LogP contribution in [0, 0.1) is 5.92 Å². The molecule has 3 heteroatoms. The maximum absolute atomic E-state index is 9.18. The van der Waals surface area contributed by atoms with Crippen molar-refractivity contribution in [2.75, 3.05) is 12.3 Å². The zero-order chi connectivity index (χ0) is 12.3. The highest BCUT2D eigenvalue weighted by Crippen LogP contribution is 2.33. The Labute approximate surface area is 102 Å². The minimum absolute atomic E-state index is 0.279. The number of nitrogen functional groups attached to an aromatic ring is 1. The van der Waals surface area contributed by atoms with Gasteiger partial charge in [0.15, 0.2) is 0 Å². The molecule has 1 aromatic rings. The van der Waals surface area contributed by atoms with Crippen LogP contribution in [0.4, 0.5) is 5.69 Å². The maximum atomic E-state index is 9.18. The van der Waals surface area contributed by atoms with E-state index in [2.05, 4.69) is 18.0 Å². The number of hydrogen-bond donors (Lipinski definition) is 2. The third-order valence-electron chi connectivity index (χ3n) is 3.61. The Hall–Kier alpha value is -1.35. The van der Waals surface area contributed by atoms with E-state index in [1.54, 1.807) is 6.20 Å². The summed E-state index contributed by atoms with van der Waals surface area (Å²) in [5.74, 6) is 0.404. The number of aromatic nitrogens is 1. The summed E-state index contributed by atoms with van der Waals surface area (Å²) in [5, 5.41) is 9.18. The van der Waals surface area contributed by atoms with Crippen molar-refractivity contribution in [3.63, 3.8) is 0 Å². The van der Waals surface area contributed by atoms with E-state index in [1.807, 2.05) is 6.07 Å². The predicted octanol–water partition coefficient (Wildman–Crippen LogP) is 2.40. The maximum Gasteiger partial charge on any atom is 0.0714 e. The van der Waals surface area contributed by atoms with Crippen LogP contribution in [-0.4, -0.2) is 16.7 Å². The van der Waals surface area contributed by atoms with Crippen LogP contribution in [0.3, 0.4) is 0 Å². The van der Waals surface area contributed by atoms with Crippen LogP contribution in [0.25, 0.3) is 5.57 Å². The standard InChI is InChI=1S/C14H20N2O/c1-2-10(9-17)3-4-11-5-6-12-13(15)7-8-16-14(11)12/h5,7-8,10,17H,2-4,6,9H2,1H3,(H2,15,16)/t10-/m1/s1. The highest BCUT2D eigenvalue weighted by Gasteiger charge is 2.18. The van der Waals surface area contributed by atoms with Crippen molar-refractivity contribution < 1.29 is 5.11 Å². The molecule has 1 atom stereocenters. The summed E-state index contributed by atoms with van der Waals surface area (Å²) in [6.07, 6.45) is 7.94. The van der Waals surface area contributed by atoms with Gasteiger partial charge in [0, 0.05) is 24.1 Å². The molecule has 0 radical (unpaired) electrons. The van der Waals surface area contributed by atoms with Gasteiger partial charge in [-0.1, -0.05) is 19.4 Å². The second kappa shape index (κ2) is 5.32. The molecule has 17 heavy (non-hydrogen) atoms. The van der Waals surface area contributed by atoms with E-state index in [4.69, 9.17) is 5.73 Å². The van der Waals surface area contributed by atoms with Gasteiger partial charge in [-0.3, -0.25) is 4.98 Å². The van der Waals surface area contributed by atoms with Gasteiger partial charge in [0.2, 0.25) is 0 Å². The van der Waals surface area contributed by atoms with E-state index in [0.717, 1.165) is 37.1 Å². The van der Waals surface area contributed by atoms with Crippen LogP contribution in [0.1, 0.15) is 37.4 Å². The molecule has 2 rings (SSSR count). The van der Waals surface area contributed by atoms with Gasteiger partial charge in [-0.15, -0.1) is 0 Å². The molecule has 0 saturated carbocycles. The average molecular weight is 232 g/mol. The van der Waals surface area contributed by atoms with E-state index in [0.29, 0.717) is 5.92 Å². The molecule has 3 nitrogen and oxygen atoms in total. The number of anilines is 1. The van der Waals surface area contributed by atoms with Gasteiger partial charge in [-0.25, -0.2) is 0 Å². The van der Waals surface area contributed by atoms with Gasteiger partial charge in [0.05, 0.1) is 5.69 Å². The number of aliphatic hydroxyl groups is 1. The normalized spacial score (nSPS) is 15.5. The fraction of sp³-hybridized carbons (Fsp3) is 0.500. The molecular formula is C14H20N2O. The lowest BCUT2D eigenvalue weighted by Gasteiger charge is -2.12. The fourth-order valence-corrected chi connectivity index (χ4v) is 2.33. The molecule has 0 amide bonds. The van der Waals surface area contributed by atoms with E-state index in [-0.39, 0.29) is 6.61 Å². The Kier molecular flexibility index (Phi) is 3.79. The van der Waals surface area contributed by atoms with Crippen molar-refractivity contribution in [3.8, 4) is 0 Å². The Balaban J connectivity index is 2.04. The summed E-state index contributed by atoms with van der Waals surface area (Å²) in [4.78, 5) is 4.42. The molecule has 1 aromatic heterocycles. The molecule has 0 bridgehead atoms. The first-order valence-electron chi connectivity index (χ1n) is 6.29. The molecule has 1 heterocycles. The zero-order valence-electron chi connectivity index (χ0n) is 10.3. The number of allylic oxidation sites excluding steroid dienone is 2. The summed E-state index contributed by atoms with van der Waals surface area (Å²) in [6, 6.07) is 1.86. The third-order valence-corrected chi connectivity index (χ3v) is 3.61. The van der Waals surface area contributed by atoms with Gasteiger partial charge < -0.3 is 10.8 Å². The lowest BCUT2D eigenvalue weighted by atomic mass is 9.97. The second-order valence-electron chi connectivity index (χ2n) is 4.66. The summed E-state index contributed by atoms with van der Waals surface area (Å²) >= 11 is 0. The average Bonchev–Trinajstić information content (AvgIpc) is 2.75. The first kappa shape index (κ1) is 12.1. The number of pyridine rings is 1. The molecule has 0 aliphatic heterocycles. The van der Waals surface area contributed by atoms with Crippen LogP contribution in [-0.2, 0) is 6.42 Å². The highest BCUT2D eigenvalue weighted by atomic mass is 16.3. The van der Waals surface area contributed by atoms with Crippen LogP contribution in [0.15, 0.2) is 18.3 Å². The van der Waals surface area contributed by atoms with Crippen LogP contribution < -0.4 is 5.73 Å². The van der Waals surface area contributed by atoms with Crippen LogP contribution >= 0.6 is 0 Å². The minimum Gasteiger partial charge on any atom is -0.398 e. The Morgan fingerprint density at radius 2 is 2.35 bits per heavy atom. The van der Waals surface area contributed by atoms with Crippen molar-refractivity contribution in [2.24, 2.45) is 5.92 Å². The molecule has 0 spiro atoms. The molecule has 0 fully saturated rings. The zero-order valence-corrected chi connectivity index (χ0v) is 10.3. The monoisotopic (exact) mass is 232 g/mol. The first-order valence-corrected chi connectivity index (χ1v) is 6.29. The molecule has 0 saturated heterocycles. The van der Waals surface area contributed by atoms with E-state index in [1.165, 1.54) is 11.1 Å². The molecule has 0 aromatic carbocycles. The van der Waals surface area contributed by atoms with Crippen molar-refractivity contribution in [3.05, 3.63) is 29.6 Å². The smallest absolute Gasteiger partial charge is 0.0714 e. The fourth-order valence-electron chi connectivity index (χ4n) is 2.33. The summed E-state index contributed by atoms with van der Waals surface area (Å²) in [6.45, 7) is 2.40. The lowest BCUT2D eigenvalue weighted by molar-refractivity contribution is 0.216. The van der Waals surface area contributed by atoms with Crippen LogP contribution in [0.5, 0.6) is 0 Å². The number of nitrogens with zero attached hydrogens (tertiary/aromatic N) is 1. The summed E-state index contributed by atoms with van der Waals surface area (Å²) in [5.41, 5.74) is 10.3. The number of hydrogen-bond acceptors (Lipinski definition) is 3. The van der Waals surface area contributed by atoms with Crippen molar-refractivity contribution >= 4 is 11.3 Å². The quantitative estimate of drug-likeness (QED) is 0.819. The first-order chi connectivity index (χ1) is 8.26.